The molecule has 0 unspecified atom stereocenters. The predicted octanol–water partition coefficient (Wildman–Crippen LogP) is 0.370. The minimum Gasteiger partial charge on any atom is -0.378 e. The van der Waals surface area contributed by atoms with Gasteiger partial charge in [-0.1, -0.05) is 6.07 Å². The number of amides is 2. The molecule has 0 atom stereocenters. The van der Waals surface area contributed by atoms with Crippen molar-refractivity contribution in [3.8, 4) is 0 Å². The zero-order chi connectivity index (χ0) is 19.2. The number of H-pyrrole nitrogens is 1. The lowest BCUT2D eigenvalue weighted by atomic mass is 10.1. The first-order valence-corrected chi connectivity index (χ1v) is 9.47. The van der Waals surface area contributed by atoms with Crippen LogP contribution in [-0.4, -0.2) is 48.1 Å². The maximum absolute atomic E-state index is 12.4. The third kappa shape index (κ3) is 4.92. The highest BCUT2D eigenvalue weighted by molar-refractivity contribution is 7.12. The lowest BCUT2D eigenvalue weighted by Gasteiger charge is -2.27. The number of rotatable bonds is 5. The number of carbonyl (C=O) groups excluding carboxylic acids is 2. The summed E-state index contributed by atoms with van der Waals surface area (Å²) in [5.41, 5.74) is 5.52. The van der Waals surface area contributed by atoms with Gasteiger partial charge in [0.05, 0.1) is 18.1 Å². The lowest BCUT2D eigenvalue weighted by molar-refractivity contribution is -0.121. The van der Waals surface area contributed by atoms with Crippen LogP contribution in [0, 0.1) is 6.92 Å². The molecule has 1 fully saturated rings. The third-order valence-corrected chi connectivity index (χ3v) is 5.05. The van der Waals surface area contributed by atoms with Crippen LogP contribution in [0.25, 0.3) is 0 Å². The van der Waals surface area contributed by atoms with Crippen molar-refractivity contribution < 1.29 is 14.3 Å². The summed E-state index contributed by atoms with van der Waals surface area (Å²) in [6, 6.07) is 3.42. The van der Waals surface area contributed by atoms with E-state index in [-0.39, 0.29) is 30.2 Å². The maximum atomic E-state index is 12.4. The number of thiophene rings is 1. The molecule has 2 aromatic heterocycles. The van der Waals surface area contributed by atoms with E-state index in [9.17, 15) is 14.4 Å². The summed E-state index contributed by atoms with van der Waals surface area (Å²) < 4.78 is 5.30. The van der Waals surface area contributed by atoms with Crippen molar-refractivity contribution in [1.82, 2.24) is 20.8 Å². The summed E-state index contributed by atoms with van der Waals surface area (Å²) in [6.07, 6.45) is 0.297. The van der Waals surface area contributed by atoms with Crippen LogP contribution in [0.15, 0.2) is 22.3 Å². The molecule has 144 valence electrons. The van der Waals surface area contributed by atoms with Gasteiger partial charge < -0.3 is 9.64 Å². The van der Waals surface area contributed by atoms with Crippen LogP contribution in [0.4, 0.5) is 5.95 Å². The van der Waals surface area contributed by atoms with Crippen LogP contribution in [0.2, 0.25) is 0 Å². The number of aryl methyl sites for hydroxylation is 1. The topological polar surface area (TPSA) is 116 Å². The number of hydrogen-bond donors (Lipinski definition) is 3. The number of aromatic amines is 1. The van der Waals surface area contributed by atoms with Gasteiger partial charge >= 0.3 is 0 Å². The highest BCUT2D eigenvalue weighted by Gasteiger charge is 2.17. The van der Waals surface area contributed by atoms with Crippen LogP contribution < -0.4 is 21.3 Å². The Labute approximate surface area is 159 Å². The highest BCUT2D eigenvalue weighted by Crippen LogP contribution is 2.11. The second-order valence-corrected chi connectivity index (χ2v) is 6.98. The van der Waals surface area contributed by atoms with Crippen LogP contribution in [0.3, 0.4) is 0 Å². The number of anilines is 1. The van der Waals surface area contributed by atoms with Gasteiger partial charge in [0.1, 0.15) is 0 Å². The first-order valence-electron chi connectivity index (χ1n) is 8.60. The van der Waals surface area contributed by atoms with Crippen molar-refractivity contribution in [2.24, 2.45) is 0 Å². The molecule has 2 aromatic rings. The molecule has 0 aromatic carbocycles. The molecule has 3 N–H and O–H groups in total. The fourth-order valence-corrected chi connectivity index (χ4v) is 3.33. The number of nitrogens with zero attached hydrogens (tertiary/aromatic N) is 2. The molecular formula is C17H21N5O4S. The van der Waals surface area contributed by atoms with Crippen LogP contribution in [0.5, 0.6) is 0 Å². The lowest BCUT2D eigenvalue weighted by Crippen LogP contribution is -2.41. The van der Waals surface area contributed by atoms with Gasteiger partial charge in [0.25, 0.3) is 11.5 Å². The normalized spacial score (nSPS) is 14.0. The van der Waals surface area contributed by atoms with E-state index in [2.05, 4.69) is 20.8 Å². The molecule has 0 bridgehead atoms. The van der Waals surface area contributed by atoms with Crippen molar-refractivity contribution in [1.29, 1.82) is 0 Å². The Hall–Kier alpha value is -2.72. The predicted molar refractivity (Wildman–Crippen MR) is 101 cm³/mol. The van der Waals surface area contributed by atoms with Crippen molar-refractivity contribution in [2.45, 2.75) is 19.8 Å². The number of morpholine rings is 1. The molecule has 2 amide bonds. The van der Waals surface area contributed by atoms with Crippen LogP contribution in [-0.2, 0) is 16.0 Å². The fraction of sp³-hybridized carbons (Fsp3) is 0.412. The van der Waals surface area contributed by atoms with Crippen molar-refractivity contribution >= 4 is 29.1 Å². The summed E-state index contributed by atoms with van der Waals surface area (Å²) in [6.45, 7) is 4.30. The molecule has 9 nitrogen and oxygen atoms in total. The monoisotopic (exact) mass is 391 g/mol. The number of aromatic nitrogens is 2. The van der Waals surface area contributed by atoms with E-state index in [4.69, 9.17) is 4.74 Å². The molecule has 27 heavy (non-hydrogen) atoms. The Morgan fingerprint density at radius 1 is 1.33 bits per heavy atom. The first kappa shape index (κ1) is 19.1. The number of hydrogen-bond acceptors (Lipinski definition) is 7. The number of carbonyl (C=O) groups is 2. The van der Waals surface area contributed by atoms with Gasteiger partial charge in [-0.25, -0.2) is 4.98 Å². The molecule has 1 saturated heterocycles. The van der Waals surface area contributed by atoms with E-state index in [1.54, 1.807) is 24.4 Å². The Morgan fingerprint density at radius 2 is 2.11 bits per heavy atom. The van der Waals surface area contributed by atoms with Crippen molar-refractivity contribution in [2.75, 3.05) is 31.2 Å². The summed E-state index contributed by atoms with van der Waals surface area (Å²) in [4.78, 5) is 45.8. The van der Waals surface area contributed by atoms with Gasteiger partial charge in [-0.15, -0.1) is 11.3 Å². The minimum absolute atomic E-state index is 0.0627. The second kappa shape index (κ2) is 8.78. The molecule has 0 radical (unpaired) electrons. The van der Waals surface area contributed by atoms with E-state index in [0.717, 1.165) is 0 Å². The zero-order valence-electron chi connectivity index (χ0n) is 14.9. The third-order valence-electron chi connectivity index (χ3n) is 4.18. The molecule has 10 heteroatoms. The SMILES string of the molecule is Cc1nc(N2CCOCC2)[nH]c(=O)c1CCC(=O)NNC(=O)c1cccs1. The molecule has 1 aliphatic heterocycles. The summed E-state index contributed by atoms with van der Waals surface area (Å²) >= 11 is 1.28. The number of hydrazine groups is 1. The van der Waals surface area contributed by atoms with E-state index < -0.39 is 0 Å². The fourth-order valence-electron chi connectivity index (χ4n) is 2.71. The van der Waals surface area contributed by atoms with Crippen LogP contribution >= 0.6 is 11.3 Å². The Balaban J connectivity index is 1.55. The van der Waals surface area contributed by atoms with Gasteiger partial charge in [-0.3, -0.25) is 30.2 Å². The molecule has 3 heterocycles. The number of nitrogens with one attached hydrogen (secondary N) is 3. The summed E-state index contributed by atoms with van der Waals surface area (Å²) in [5.74, 6) is -0.225. The molecular weight excluding hydrogens is 370 g/mol. The standard InChI is InChI=1S/C17H21N5O4S/c1-11-12(15(24)19-17(18-11)22-6-8-26-9-7-22)4-5-14(23)20-21-16(25)13-3-2-10-27-13/h2-3,10H,4-9H2,1H3,(H,20,23)(H,21,25)(H,18,19,24). The van der Waals surface area contributed by atoms with Crippen LogP contribution in [0.1, 0.15) is 27.3 Å². The second-order valence-electron chi connectivity index (χ2n) is 6.03. The Kier molecular flexibility index (Phi) is 6.20. The highest BCUT2D eigenvalue weighted by atomic mass is 32.1. The average molecular weight is 391 g/mol. The minimum atomic E-state index is -0.379. The van der Waals surface area contributed by atoms with E-state index >= 15 is 0 Å². The molecule has 1 aliphatic rings. The van der Waals surface area contributed by atoms with Gasteiger partial charge in [0.2, 0.25) is 11.9 Å². The quantitative estimate of drug-likeness (QED) is 0.634. The van der Waals surface area contributed by atoms with E-state index in [0.29, 0.717) is 48.4 Å². The molecule has 3 rings (SSSR count). The number of ether oxygens (including phenoxy) is 1. The Bertz CT molecular complexity index is 859. The van der Waals surface area contributed by atoms with Gasteiger partial charge in [0.15, 0.2) is 0 Å². The van der Waals surface area contributed by atoms with Gasteiger partial charge in [-0.05, 0) is 24.8 Å². The van der Waals surface area contributed by atoms with Crippen molar-refractivity contribution in [3.63, 3.8) is 0 Å². The van der Waals surface area contributed by atoms with Crippen molar-refractivity contribution in [3.05, 3.63) is 44.0 Å². The zero-order valence-corrected chi connectivity index (χ0v) is 15.7. The first-order chi connectivity index (χ1) is 13.0. The van der Waals surface area contributed by atoms with E-state index in [1.807, 2.05) is 4.90 Å². The maximum Gasteiger partial charge on any atom is 0.279 e. The summed E-state index contributed by atoms with van der Waals surface area (Å²) in [5, 5.41) is 1.78. The molecule has 0 aliphatic carbocycles. The van der Waals surface area contributed by atoms with Gasteiger partial charge in [0, 0.05) is 30.8 Å². The van der Waals surface area contributed by atoms with Gasteiger partial charge in [-0.2, -0.15) is 0 Å². The summed E-state index contributed by atoms with van der Waals surface area (Å²) in [7, 11) is 0. The average Bonchev–Trinajstić information content (AvgIpc) is 3.21. The largest absolute Gasteiger partial charge is 0.378 e. The smallest absolute Gasteiger partial charge is 0.279 e. The Morgan fingerprint density at radius 3 is 2.78 bits per heavy atom. The molecule has 0 saturated carbocycles. The molecule has 0 spiro atoms. The van der Waals surface area contributed by atoms with E-state index in [1.165, 1.54) is 11.3 Å².